The number of rotatable bonds is 6. The molecule has 2 amide bonds. The third-order valence-electron chi connectivity index (χ3n) is 6.98. The highest BCUT2D eigenvalue weighted by atomic mass is 16.6. The molecule has 2 aromatic rings. The van der Waals surface area contributed by atoms with Gasteiger partial charge in [-0.05, 0) is 18.6 Å². The fraction of sp³-hybridized carbons (Fsp3) is 0.320. The third-order valence-corrected chi connectivity index (χ3v) is 6.98. The number of non-ortho nitro benzene ring substituents is 1. The molecule has 0 radical (unpaired) electrons. The van der Waals surface area contributed by atoms with E-state index in [4.69, 9.17) is 4.74 Å². The summed E-state index contributed by atoms with van der Waals surface area (Å²) < 4.78 is 5.07. The van der Waals surface area contributed by atoms with Crippen molar-refractivity contribution in [3.05, 3.63) is 75.8 Å². The summed E-state index contributed by atoms with van der Waals surface area (Å²) in [6.45, 7) is 2.27. The number of nitro benzene ring substituents is 1. The first kappa shape index (κ1) is 22.0. The fourth-order valence-corrected chi connectivity index (χ4v) is 5.51. The van der Waals surface area contributed by atoms with Crippen LogP contribution in [-0.4, -0.2) is 59.8 Å². The van der Waals surface area contributed by atoms with E-state index < -0.39 is 40.5 Å². The Morgan fingerprint density at radius 1 is 1.09 bits per heavy atom. The van der Waals surface area contributed by atoms with Gasteiger partial charge in [-0.3, -0.25) is 29.4 Å². The van der Waals surface area contributed by atoms with Crippen molar-refractivity contribution in [2.45, 2.75) is 19.0 Å². The number of hydrogen-bond acceptors (Lipinski definition) is 7. The molecule has 3 aliphatic heterocycles. The van der Waals surface area contributed by atoms with Gasteiger partial charge in [0.25, 0.3) is 5.69 Å². The van der Waals surface area contributed by atoms with Gasteiger partial charge in [0.1, 0.15) is 6.04 Å². The molecular weight excluding hydrogens is 438 g/mol. The van der Waals surface area contributed by atoms with Crippen LogP contribution in [0.1, 0.15) is 22.8 Å². The Morgan fingerprint density at radius 3 is 2.56 bits per heavy atom. The Kier molecular flexibility index (Phi) is 5.28. The second kappa shape index (κ2) is 8.18. The third kappa shape index (κ3) is 3.15. The zero-order chi connectivity index (χ0) is 24.1. The molecule has 4 atom stereocenters. The number of para-hydroxylation sites is 1. The van der Waals surface area contributed by atoms with Crippen molar-refractivity contribution in [1.82, 2.24) is 4.90 Å². The molecule has 0 aliphatic carbocycles. The van der Waals surface area contributed by atoms with E-state index in [0.717, 1.165) is 16.8 Å². The number of benzene rings is 2. The first-order valence-electron chi connectivity index (χ1n) is 11.0. The highest BCUT2D eigenvalue weighted by Crippen LogP contribution is 2.50. The van der Waals surface area contributed by atoms with Crippen molar-refractivity contribution < 1.29 is 24.0 Å². The minimum absolute atomic E-state index is 0.116. The lowest BCUT2D eigenvalue weighted by Gasteiger charge is -2.38. The lowest BCUT2D eigenvalue weighted by Crippen LogP contribution is -2.49. The fourth-order valence-electron chi connectivity index (χ4n) is 5.51. The average Bonchev–Trinajstić information content (AvgIpc) is 3.30. The van der Waals surface area contributed by atoms with Crippen LogP contribution in [0.5, 0.6) is 0 Å². The van der Waals surface area contributed by atoms with E-state index in [2.05, 4.69) is 0 Å². The van der Waals surface area contributed by atoms with Gasteiger partial charge < -0.3 is 9.64 Å². The standard InChI is InChI=1S/C25H23N3O6/c1-14-12-19-20-21(25(31)26(24(20)30)10-11-34-2)22(27(19)18-9-4-3-8-17(14)18)23(29)15-6-5-7-16(13-15)28(32)33/h3-9,12-13,19-22H,10-11H2,1-2H3/t19-,20+,21+,22+/m1/s1. The molecule has 0 unspecified atom stereocenters. The maximum Gasteiger partial charge on any atom is 0.270 e. The lowest BCUT2D eigenvalue weighted by molar-refractivity contribution is -0.384. The molecule has 34 heavy (non-hydrogen) atoms. The SMILES string of the molecule is COCCN1C(=O)[C@@H]2[C@H](C1=O)[C@@H](C(=O)c1cccc([N+](=O)[O-])c1)N1c3ccccc3C(C)=C[C@H]21. The van der Waals surface area contributed by atoms with Gasteiger partial charge in [-0.25, -0.2) is 0 Å². The summed E-state index contributed by atoms with van der Waals surface area (Å²) in [6.07, 6.45) is 1.95. The normalized spacial score (nSPS) is 25.1. The summed E-state index contributed by atoms with van der Waals surface area (Å²) in [6, 6.07) is 11.6. The van der Waals surface area contributed by atoms with E-state index in [9.17, 15) is 24.5 Å². The number of fused-ring (bicyclic) bond motifs is 5. The zero-order valence-corrected chi connectivity index (χ0v) is 18.7. The van der Waals surface area contributed by atoms with E-state index in [1.165, 1.54) is 36.3 Å². The number of ether oxygens (including phenoxy) is 1. The van der Waals surface area contributed by atoms with Crippen molar-refractivity contribution in [3.8, 4) is 0 Å². The first-order chi connectivity index (χ1) is 16.3. The van der Waals surface area contributed by atoms with Gasteiger partial charge in [0.15, 0.2) is 5.78 Å². The Morgan fingerprint density at radius 2 is 1.82 bits per heavy atom. The largest absolute Gasteiger partial charge is 0.383 e. The molecular formula is C25H23N3O6. The van der Waals surface area contributed by atoms with Gasteiger partial charge >= 0.3 is 0 Å². The monoisotopic (exact) mass is 461 g/mol. The molecule has 174 valence electrons. The molecule has 9 heteroatoms. The Balaban J connectivity index is 1.65. The maximum absolute atomic E-state index is 13.9. The van der Waals surface area contributed by atoms with Crippen molar-refractivity contribution >= 4 is 34.5 Å². The average molecular weight is 461 g/mol. The van der Waals surface area contributed by atoms with E-state index >= 15 is 0 Å². The second-order valence-electron chi connectivity index (χ2n) is 8.75. The molecule has 9 nitrogen and oxygen atoms in total. The van der Waals surface area contributed by atoms with E-state index in [-0.39, 0.29) is 30.3 Å². The number of anilines is 1. The molecule has 2 fully saturated rings. The highest BCUT2D eigenvalue weighted by Gasteiger charge is 2.64. The smallest absolute Gasteiger partial charge is 0.270 e. The van der Waals surface area contributed by atoms with Crippen LogP contribution in [0, 0.1) is 22.0 Å². The minimum Gasteiger partial charge on any atom is -0.383 e. The van der Waals surface area contributed by atoms with E-state index in [1.54, 1.807) is 0 Å². The van der Waals surface area contributed by atoms with Crippen LogP contribution in [-0.2, 0) is 14.3 Å². The number of nitro groups is 1. The molecule has 0 saturated carbocycles. The quantitative estimate of drug-likeness (QED) is 0.282. The van der Waals surface area contributed by atoms with Crippen LogP contribution in [0.15, 0.2) is 54.6 Å². The lowest BCUT2D eigenvalue weighted by atomic mass is 9.85. The van der Waals surface area contributed by atoms with Crippen molar-refractivity contribution in [2.24, 2.45) is 11.8 Å². The number of hydrogen-bond donors (Lipinski definition) is 0. The molecule has 0 spiro atoms. The van der Waals surface area contributed by atoms with Crippen LogP contribution in [0.25, 0.3) is 5.57 Å². The molecule has 0 N–H and O–H groups in total. The second-order valence-corrected chi connectivity index (χ2v) is 8.75. The predicted molar refractivity (Wildman–Crippen MR) is 123 cm³/mol. The topological polar surface area (TPSA) is 110 Å². The number of carbonyl (C=O) groups excluding carboxylic acids is 3. The molecule has 0 aromatic heterocycles. The number of likely N-dealkylation sites (tertiary alicyclic amines) is 1. The first-order valence-corrected chi connectivity index (χ1v) is 11.0. The summed E-state index contributed by atoms with van der Waals surface area (Å²) >= 11 is 0. The predicted octanol–water partition coefficient (Wildman–Crippen LogP) is 2.70. The zero-order valence-electron chi connectivity index (χ0n) is 18.7. The van der Waals surface area contributed by atoms with Crippen molar-refractivity contribution in [3.63, 3.8) is 0 Å². The number of methoxy groups -OCH3 is 1. The van der Waals surface area contributed by atoms with Crippen molar-refractivity contribution in [1.29, 1.82) is 0 Å². The van der Waals surface area contributed by atoms with Crippen LogP contribution in [0.2, 0.25) is 0 Å². The number of imide groups is 1. The molecule has 2 saturated heterocycles. The number of nitrogens with zero attached hydrogens (tertiary/aromatic N) is 3. The molecule has 3 heterocycles. The Hall–Kier alpha value is -3.85. The maximum atomic E-state index is 13.9. The summed E-state index contributed by atoms with van der Waals surface area (Å²) in [5.74, 6) is -2.76. The van der Waals surface area contributed by atoms with Gasteiger partial charge in [-0.2, -0.15) is 0 Å². The number of allylic oxidation sites excluding steroid dienone is 1. The highest BCUT2D eigenvalue weighted by molar-refractivity contribution is 6.14. The van der Waals surface area contributed by atoms with Gasteiger partial charge in [-0.15, -0.1) is 0 Å². The molecule has 3 aliphatic rings. The summed E-state index contributed by atoms with van der Waals surface area (Å²) in [5, 5.41) is 11.3. The number of carbonyl (C=O) groups is 3. The van der Waals surface area contributed by atoms with Crippen LogP contribution in [0.3, 0.4) is 0 Å². The van der Waals surface area contributed by atoms with E-state index in [1.807, 2.05) is 42.2 Å². The number of ketones is 1. The summed E-state index contributed by atoms with van der Waals surface area (Å²) in [7, 11) is 1.49. The summed E-state index contributed by atoms with van der Waals surface area (Å²) in [4.78, 5) is 54.6. The van der Waals surface area contributed by atoms with Crippen molar-refractivity contribution in [2.75, 3.05) is 25.2 Å². The minimum atomic E-state index is -0.966. The summed E-state index contributed by atoms with van der Waals surface area (Å²) in [5.41, 5.74) is 2.59. The Bertz CT molecular complexity index is 1250. The van der Waals surface area contributed by atoms with Gasteiger partial charge in [0, 0.05) is 36.1 Å². The van der Waals surface area contributed by atoms with Gasteiger partial charge in [0.05, 0.1) is 36.0 Å². The molecule has 2 aromatic carbocycles. The van der Waals surface area contributed by atoms with Gasteiger partial charge in [0.2, 0.25) is 11.8 Å². The van der Waals surface area contributed by atoms with Crippen LogP contribution >= 0.6 is 0 Å². The van der Waals surface area contributed by atoms with Crippen LogP contribution < -0.4 is 4.90 Å². The van der Waals surface area contributed by atoms with E-state index in [0.29, 0.717) is 0 Å². The molecule has 5 rings (SSSR count). The Labute approximate surface area is 195 Å². The van der Waals surface area contributed by atoms with Crippen LogP contribution in [0.4, 0.5) is 11.4 Å². The number of amides is 2. The van der Waals surface area contributed by atoms with Gasteiger partial charge in [-0.1, -0.05) is 36.4 Å². The number of Topliss-reactive ketones (excluding diaryl/α,β-unsaturated/α-hetero) is 1. The molecule has 0 bridgehead atoms.